The second kappa shape index (κ2) is 8.10. The molecule has 1 rings (SSSR count). The first kappa shape index (κ1) is 13.8. The predicted octanol–water partition coefficient (Wildman–Crippen LogP) is 3.63. The molecule has 0 bridgehead atoms. The van der Waals surface area contributed by atoms with Gasteiger partial charge in [0.05, 0.1) is 5.92 Å². The van der Waals surface area contributed by atoms with Crippen LogP contribution in [0.4, 0.5) is 0 Å². The highest BCUT2D eigenvalue weighted by Crippen LogP contribution is 2.21. The lowest BCUT2D eigenvalue weighted by Crippen LogP contribution is -2.14. The molecule has 0 radical (unpaired) electrons. The van der Waals surface area contributed by atoms with Crippen molar-refractivity contribution in [2.75, 3.05) is 0 Å². The van der Waals surface area contributed by atoms with Gasteiger partial charge in [-0.2, -0.15) is 0 Å². The second-order valence-corrected chi connectivity index (χ2v) is 4.09. The number of carboxylic acids is 1. The molecule has 2 nitrogen and oxygen atoms in total. The number of carbonyl (C=O) groups is 1. The van der Waals surface area contributed by atoms with Crippen LogP contribution in [0.5, 0.6) is 0 Å². The molecule has 1 fully saturated rings. The summed E-state index contributed by atoms with van der Waals surface area (Å²) in [5.74, 6) is -0.640. The van der Waals surface area contributed by atoms with Crippen LogP contribution in [-0.4, -0.2) is 11.1 Å². The zero-order chi connectivity index (χ0) is 9.52. The van der Waals surface area contributed by atoms with Crippen LogP contribution in [0.15, 0.2) is 0 Å². The minimum absolute atomic E-state index is 0. The Bertz CT molecular complexity index is 149. The van der Waals surface area contributed by atoms with Crippen molar-refractivity contribution >= 4 is 18.4 Å². The van der Waals surface area contributed by atoms with E-state index in [1.807, 2.05) is 0 Å². The highest BCUT2D eigenvalue weighted by Gasteiger charge is 2.16. The van der Waals surface area contributed by atoms with Gasteiger partial charge in [-0.25, -0.2) is 0 Å². The number of hydrogen-bond acceptors (Lipinski definition) is 1. The molecule has 0 heterocycles. The Morgan fingerprint density at radius 2 is 1.21 bits per heavy atom. The molecule has 1 aliphatic carbocycles. The van der Waals surface area contributed by atoms with Gasteiger partial charge in [-0.05, 0) is 12.8 Å². The van der Waals surface area contributed by atoms with Crippen LogP contribution in [0, 0.1) is 5.92 Å². The van der Waals surface area contributed by atoms with Gasteiger partial charge >= 0.3 is 5.97 Å². The van der Waals surface area contributed by atoms with E-state index in [0.29, 0.717) is 0 Å². The molecule has 1 saturated carbocycles. The SMILES string of the molecule is Cl.O=C(O)C1CCCCCCCCC1. The molecule has 0 aromatic carbocycles. The van der Waals surface area contributed by atoms with Crippen molar-refractivity contribution in [3.8, 4) is 0 Å². The van der Waals surface area contributed by atoms with Gasteiger partial charge in [0.1, 0.15) is 0 Å². The number of carboxylic acid groups (broad SMARTS) is 1. The average molecular weight is 221 g/mol. The molecule has 0 saturated heterocycles. The molecule has 0 unspecified atom stereocenters. The van der Waals surface area contributed by atoms with Crippen LogP contribution in [0.1, 0.15) is 57.8 Å². The van der Waals surface area contributed by atoms with E-state index in [2.05, 4.69) is 0 Å². The number of hydrogen-bond donors (Lipinski definition) is 1. The Morgan fingerprint density at radius 1 is 0.857 bits per heavy atom. The predicted molar refractivity (Wildman–Crippen MR) is 59.9 cm³/mol. The standard InChI is InChI=1S/C11H20O2.ClH/c12-11(13)10-8-6-4-2-1-3-5-7-9-10;/h10H,1-9H2,(H,12,13);1H. The molecule has 0 aromatic heterocycles. The lowest BCUT2D eigenvalue weighted by Gasteiger charge is -2.13. The van der Waals surface area contributed by atoms with Gasteiger partial charge in [0.2, 0.25) is 0 Å². The Morgan fingerprint density at radius 3 is 1.57 bits per heavy atom. The summed E-state index contributed by atoms with van der Waals surface area (Å²) in [6.07, 6.45) is 10.4. The van der Waals surface area contributed by atoms with E-state index >= 15 is 0 Å². The summed E-state index contributed by atoms with van der Waals surface area (Å²) in [5.41, 5.74) is 0. The van der Waals surface area contributed by atoms with Crippen LogP contribution in [0.2, 0.25) is 0 Å². The van der Waals surface area contributed by atoms with Gasteiger partial charge in [-0.3, -0.25) is 4.79 Å². The van der Waals surface area contributed by atoms with E-state index in [9.17, 15) is 4.79 Å². The smallest absolute Gasteiger partial charge is 0.306 e. The van der Waals surface area contributed by atoms with Crippen LogP contribution in [-0.2, 0) is 4.79 Å². The molecule has 1 N–H and O–H groups in total. The van der Waals surface area contributed by atoms with E-state index in [1.165, 1.54) is 32.1 Å². The molecule has 84 valence electrons. The first-order chi connectivity index (χ1) is 6.30. The van der Waals surface area contributed by atoms with Crippen molar-refractivity contribution < 1.29 is 9.90 Å². The minimum atomic E-state index is -0.583. The minimum Gasteiger partial charge on any atom is -0.481 e. The van der Waals surface area contributed by atoms with Crippen LogP contribution >= 0.6 is 12.4 Å². The molecule has 0 aliphatic heterocycles. The number of halogens is 1. The molecule has 14 heavy (non-hydrogen) atoms. The molecule has 3 heteroatoms. The van der Waals surface area contributed by atoms with Gasteiger partial charge in [0, 0.05) is 0 Å². The van der Waals surface area contributed by atoms with Crippen LogP contribution < -0.4 is 0 Å². The molecule has 1 aliphatic rings. The first-order valence-electron chi connectivity index (χ1n) is 5.53. The molecular weight excluding hydrogens is 200 g/mol. The quantitative estimate of drug-likeness (QED) is 0.733. The topological polar surface area (TPSA) is 37.3 Å². The van der Waals surface area contributed by atoms with Crippen molar-refractivity contribution in [1.29, 1.82) is 0 Å². The highest BCUT2D eigenvalue weighted by atomic mass is 35.5. The summed E-state index contributed by atoms with van der Waals surface area (Å²) >= 11 is 0. The Balaban J connectivity index is 0.00000169. The van der Waals surface area contributed by atoms with Crippen molar-refractivity contribution in [1.82, 2.24) is 0 Å². The third-order valence-electron chi connectivity index (χ3n) is 2.95. The van der Waals surface area contributed by atoms with Gasteiger partial charge in [0.25, 0.3) is 0 Å². The van der Waals surface area contributed by atoms with E-state index in [0.717, 1.165) is 25.7 Å². The summed E-state index contributed by atoms with van der Waals surface area (Å²) < 4.78 is 0. The summed E-state index contributed by atoms with van der Waals surface area (Å²) in [6, 6.07) is 0. The van der Waals surface area contributed by atoms with E-state index in [1.54, 1.807) is 0 Å². The maximum absolute atomic E-state index is 10.8. The fourth-order valence-electron chi connectivity index (χ4n) is 2.06. The fraction of sp³-hybridized carbons (Fsp3) is 0.909. The molecule has 0 aromatic rings. The van der Waals surface area contributed by atoms with E-state index in [-0.39, 0.29) is 18.3 Å². The molecular formula is C11H21ClO2. The van der Waals surface area contributed by atoms with Crippen molar-refractivity contribution in [3.63, 3.8) is 0 Å². The van der Waals surface area contributed by atoms with Crippen molar-refractivity contribution in [2.45, 2.75) is 57.8 Å². The lowest BCUT2D eigenvalue weighted by atomic mass is 9.92. The van der Waals surface area contributed by atoms with Gasteiger partial charge in [-0.1, -0.05) is 44.9 Å². The van der Waals surface area contributed by atoms with Crippen LogP contribution in [0.25, 0.3) is 0 Å². The summed E-state index contributed by atoms with van der Waals surface area (Å²) in [5, 5.41) is 8.92. The number of aliphatic carboxylic acids is 1. The second-order valence-electron chi connectivity index (χ2n) is 4.09. The maximum atomic E-state index is 10.8. The largest absolute Gasteiger partial charge is 0.481 e. The third kappa shape index (κ3) is 5.48. The molecule has 0 amide bonds. The van der Waals surface area contributed by atoms with Crippen molar-refractivity contribution in [3.05, 3.63) is 0 Å². The van der Waals surface area contributed by atoms with E-state index in [4.69, 9.17) is 5.11 Å². The lowest BCUT2D eigenvalue weighted by molar-refractivity contribution is -0.142. The average Bonchev–Trinajstić information content (AvgIpc) is 2.14. The first-order valence-corrected chi connectivity index (χ1v) is 5.53. The number of rotatable bonds is 1. The normalized spacial score (nSPS) is 20.9. The Kier molecular flexibility index (Phi) is 7.96. The maximum Gasteiger partial charge on any atom is 0.306 e. The fourth-order valence-corrected chi connectivity index (χ4v) is 2.06. The zero-order valence-electron chi connectivity index (χ0n) is 8.71. The Labute approximate surface area is 92.5 Å². The highest BCUT2D eigenvalue weighted by molar-refractivity contribution is 5.85. The van der Waals surface area contributed by atoms with E-state index < -0.39 is 5.97 Å². The summed E-state index contributed by atoms with van der Waals surface area (Å²) in [6.45, 7) is 0. The van der Waals surface area contributed by atoms with Gasteiger partial charge < -0.3 is 5.11 Å². The third-order valence-corrected chi connectivity index (χ3v) is 2.95. The van der Waals surface area contributed by atoms with Crippen LogP contribution in [0.3, 0.4) is 0 Å². The summed E-state index contributed by atoms with van der Waals surface area (Å²) in [4.78, 5) is 10.8. The van der Waals surface area contributed by atoms with Gasteiger partial charge in [0.15, 0.2) is 0 Å². The zero-order valence-corrected chi connectivity index (χ0v) is 9.52. The molecule has 0 spiro atoms. The van der Waals surface area contributed by atoms with Crippen molar-refractivity contribution in [2.24, 2.45) is 5.92 Å². The summed E-state index contributed by atoms with van der Waals surface area (Å²) in [7, 11) is 0. The molecule has 0 atom stereocenters. The Hall–Kier alpha value is -0.240. The monoisotopic (exact) mass is 220 g/mol. The van der Waals surface area contributed by atoms with Gasteiger partial charge in [-0.15, -0.1) is 12.4 Å².